The van der Waals surface area contributed by atoms with E-state index in [1.807, 2.05) is 47.0 Å². The van der Waals surface area contributed by atoms with E-state index in [1.165, 1.54) is 0 Å². The highest BCUT2D eigenvalue weighted by atomic mass is 32.2. The Labute approximate surface area is 139 Å². The fourth-order valence-electron chi connectivity index (χ4n) is 2.98. The van der Waals surface area contributed by atoms with Crippen molar-refractivity contribution >= 4 is 33.8 Å². The topological polar surface area (TPSA) is 49.0 Å². The van der Waals surface area contributed by atoms with Crippen molar-refractivity contribution in [2.75, 3.05) is 32.7 Å². The summed E-state index contributed by atoms with van der Waals surface area (Å²) in [5.74, 6) is 0.413. The van der Waals surface area contributed by atoms with Crippen LogP contribution in [0.1, 0.15) is 17.5 Å². The largest absolute Gasteiger partial charge is 0.451 e. The van der Waals surface area contributed by atoms with Crippen LogP contribution in [0.15, 0.2) is 39.7 Å². The molecule has 5 nitrogen and oxygen atoms in total. The van der Waals surface area contributed by atoms with Crippen LogP contribution < -0.4 is 0 Å². The van der Waals surface area contributed by atoms with Crippen LogP contribution in [-0.2, 0) is 0 Å². The van der Waals surface area contributed by atoms with E-state index in [2.05, 4.69) is 16.8 Å². The van der Waals surface area contributed by atoms with Crippen LogP contribution in [0.3, 0.4) is 0 Å². The number of para-hydroxylation sites is 1. The smallest absolute Gasteiger partial charge is 0.289 e. The van der Waals surface area contributed by atoms with Gasteiger partial charge in [0.1, 0.15) is 5.58 Å². The van der Waals surface area contributed by atoms with Crippen LogP contribution in [0.25, 0.3) is 11.0 Å². The second kappa shape index (κ2) is 5.92. The van der Waals surface area contributed by atoms with Gasteiger partial charge in [-0.2, -0.15) is 0 Å². The zero-order valence-corrected chi connectivity index (χ0v) is 13.9. The molecule has 1 saturated heterocycles. The first kappa shape index (κ1) is 14.6. The average molecular weight is 329 g/mol. The van der Waals surface area contributed by atoms with E-state index in [9.17, 15) is 4.79 Å². The number of furan rings is 1. The van der Waals surface area contributed by atoms with E-state index in [0.29, 0.717) is 24.1 Å². The van der Waals surface area contributed by atoms with E-state index in [0.717, 1.165) is 35.8 Å². The highest BCUT2D eigenvalue weighted by Gasteiger charge is 2.28. The molecule has 2 aromatic rings. The van der Waals surface area contributed by atoms with Crippen molar-refractivity contribution in [3.05, 3.63) is 36.1 Å². The van der Waals surface area contributed by atoms with Crippen molar-refractivity contribution in [3.63, 3.8) is 0 Å². The van der Waals surface area contributed by atoms with Crippen molar-refractivity contribution in [1.29, 1.82) is 0 Å². The molecule has 120 valence electrons. The van der Waals surface area contributed by atoms with Crippen molar-refractivity contribution in [3.8, 4) is 0 Å². The summed E-state index contributed by atoms with van der Waals surface area (Å²) in [7, 11) is 0. The van der Waals surface area contributed by atoms with Crippen molar-refractivity contribution in [2.45, 2.75) is 12.2 Å². The van der Waals surface area contributed by atoms with Crippen molar-refractivity contribution in [1.82, 2.24) is 9.80 Å². The fourth-order valence-corrected chi connectivity index (χ4v) is 3.97. The minimum Gasteiger partial charge on any atom is -0.451 e. The minimum atomic E-state index is -0.0183. The molecule has 0 unspecified atom stereocenters. The van der Waals surface area contributed by atoms with Gasteiger partial charge >= 0.3 is 0 Å². The molecule has 2 aliphatic rings. The average Bonchev–Trinajstić information content (AvgIpc) is 3.20. The molecule has 1 aromatic carbocycles. The molecule has 1 aromatic heterocycles. The molecule has 0 saturated carbocycles. The predicted octanol–water partition coefficient (Wildman–Crippen LogP) is 2.68. The zero-order valence-electron chi connectivity index (χ0n) is 13.1. The second-order valence-corrected chi connectivity index (χ2v) is 7.39. The van der Waals surface area contributed by atoms with E-state index < -0.39 is 0 Å². The summed E-state index contributed by atoms with van der Waals surface area (Å²) in [4.78, 5) is 21.4. The maximum Gasteiger partial charge on any atom is 0.289 e. The number of fused-ring (bicyclic) bond motifs is 1. The van der Waals surface area contributed by atoms with Gasteiger partial charge in [0.25, 0.3) is 5.91 Å². The predicted molar refractivity (Wildman–Crippen MR) is 93.0 cm³/mol. The Hall–Kier alpha value is -1.95. The first-order chi connectivity index (χ1) is 11.2. The fraction of sp³-hybridized carbons (Fsp3) is 0.412. The lowest BCUT2D eigenvalue weighted by molar-refractivity contribution is 0.0664. The summed E-state index contributed by atoms with van der Waals surface area (Å²) in [5, 5.41) is 2.67. The molecule has 4 rings (SSSR count). The molecular formula is C17H19N3O2S. The van der Waals surface area contributed by atoms with Crippen LogP contribution in [0.2, 0.25) is 0 Å². The standard InChI is InChI=1S/C17H19N3O2S/c1-12-11-18-17(23-12)20-8-6-19(7-9-20)16(21)15-10-13-4-2-3-5-14(13)22-15/h2-5,10,12H,6-9,11H2,1H3/t12-/m1/s1. The van der Waals surface area contributed by atoms with Crippen molar-refractivity contribution < 1.29 is 9.21 Å². The Kier molecular flexibility index (Phi) is 3.77. The molecule has 0 N–H and O–H groups in total. The minimum absolute atomic E-state index is 0.0183. The Morgan fingerprint density at radius 1 is 1.26 bits per heavy atom. The maximum atomic E-state index is 12.6. The molecule has 23 heavy (non-hydrogen) atoms. The van der Waals surface area contributed by atoms with Crippen molar-refractivity contribution in [2.24, 2.45) is 4.99 Å². The number of amides is 1. The number of nitrogens with zero attached hydrogens (tertiary/aromatic N) is 3. The summed E-state index contributed by atoms with van der Waals surface area (Å²) in [6.07, 6.45) is 0. The van der Waals surface area contributed by atoms with Crippen LogP contribution in [0.4, 0.5) is 0 Å². The Morgan fingerprint density at radius 2 is 2.04 bits per heavy atom. The zero-order chi connectivity index (χ0) is 15.8. The summed E-state index contributed by atoms with van der Waals surface area (Å²) < 4.78 is 5.69. The first-order valence-electron chi connectivity index (χ1n) is 7.94. The number of carbonyl (C=O) groups is 1. The molecule has 0 bridgehead atoms. The van der Waals surface area contributed by atoms with Crippen LogP contribution in [-0.4, -0.2) is 58.8 Å². The third-order valence-electron chi connectivity index (χ3n) is 4.26. The molecule has 0 radical (unpaired) electrons. The highest BCUT2D eigenvalue weighted by molar-refractivity contribution is 8.14. The summed E-state index contributed by atoms with van der Waals surface area (Å²) in [6, 6.07) is 9.55. The van der Waals surface area contributed by atoms with Gasteiger partial charge in [0.15, 0.2) is 10.9 Å². The highest BCUT2D eigenvalue weighted by Crippen LogP contribution is 2.24. The maximum absolute atomic E-state index is 12.6. The third kappa shape index (κ3) is 2.83. The number of hydrogen-bond donors (Lipinski definition) is 0. The van der Waals surface area contributed by atoms with Crippen LogP contribution in [0, 0.1) is 0 Å². The number of thioether (sulfide) groups is 1. The lowest BCUT2D eigenvalue weighted by atomic mass is 10.2. The Balaban J connectivity index is 1.42. The normalized spacial score (nSPS) is 21.8. The number of piperazine rings is 1. The summed E-state index contributed by atoms with van der Waals surface area (Å²) in [6.45, 7) is 6.20. The quantitative estimate of drug-likeness (QED) is 0.807. The lowest BCUT2D eigenvalue weighted by Gasteiger charge is -2.35. The SMILES string of the molecule is C[C@@H]1CN=C(N2CCN(C(=O)c3cc4ccccc4o3)CC2)S1. The third-order valence-corrected chi connectivity index (χ3v) is 5.41. The molecule has 2 aliphatic heterocycles. The van der Waals surface area contributed by atoms with Gasteiger partial charge in [-0.1, -0.05) is 36.9 Å². The van der Waals surface area contributed by atoms with Gasteiger partial charge in [0.2, 0.25) is 0 Å². The molecule has 0 aliphatic carbocycles. The van der Waals surface area contributed by atoms with Gasteiger partial charge < -0.3 is 14.2 Å². The number of hydrogen-bond acceptors (Lipinski definition) is 5. The monoisotopic (exact) mass is 329 g/mol. The number of rotatable bonds is 1. The van der Waals surface area contributed by atoms with Crippen LogP contribution >= 0.6 is 11.8 Å². The summed E-state index contributed by atoms with van der Waals surface area (Å²) in [5.41, 5.74) is 0.764. The Morgan fingerprint density at radius 3 is 2.74 bits per heavy atom. The van der Waals surface area contributed by atoms with E-state index in [1.54, 1.807) is 0 Å². The molecule has 1 atom stereocenters. The summed E-state index contributed by atoms with van der Waals surface area (Å²) >= 11 is 1.83. The first-order valence-corrected chi connectivity index (χ1v) is 8.82. The van der Waals surface area contributed by atoms with E-state index in [4.69, 9.17) is 4.42 Å². The number of aliphatic imine (C=N–C) groups is 1. The Bertz CT molecular complexity index is 729. The lowest BCUT2D eigenvalue weighted by Crippen LogP contribution is -2.49. The number of carbonyl (C=O) groups excluding carboxylic acids is 1. The molecular weight excluding hydrogens is 310 g/mol. The van der Waals surface area contributed by atoms with Gasteiger partial charge in [0.05, 0.1) is 6.54 Å². The van der Waals surface area contributed by atoms with Gasteiger partial charge in [-0.15, -0.1) is 0 Å². The second-order valence-electron chi connectivity index (χ2n) is 5.98. The molecule has 0 spiro atoms. The van der Waals surface area contributed by atoms with Gasteiger partial charge in [0, 0.05) is 36.8 Å². The molecule has 6 heteroatoms. The molecule has 1 fully saturated rings. The number of benzene rings is 1. The van der Waals surface area contributed by atoms with E-state index in [-0.39, 0.29) is 5.91 Å². The number of amidine groups is 1. The van der Waals surface area contributed by atoms with Crippen LogP contribution in [0.5, 0.6) is 0 Å². The van der Waals surface area contributed by atoms with Gasteiger partial charge in [-0.25, -0.2) is 0 Å². The molecule has 1 amide bonds. The van der Waals surface area contributed by atoms with Gasteiger partial charge in [-0.3, -0.25) is 9.79 Å². The molecule has 3 heterocycles. The van der Waals surface area contributed by atoms with E-state index >= 15 is 0 Å². The van der Waals surface area contributed by atoms with Gasteiger partial charge in [-0.05, 0) is 12.1 Å².